The number of carbonyl (C=O) groups is 2. The molecule has 2 aliphatic heterocycles. The Hall–Kier alpha value is -2.00. The number of benzene rings is 1. The number of sulfonamides is 1. The molecule has 9 heteroatoms. The quantitative estimate of drug-likeness (QED) is 0.847. The summed E-state index contributed by atoms with van der Waals surface area (Å²) in [4.78, 5) is 21.9. The molecule has 7 nitrogen and oxygen atoms in total. The number of aliphatic carboxylic acids is 1. The minimum absolute atomic E-state index is 0.0482. The van der Waals surface area contributed by atoms with Gasteiger partial charge in [0.1, 0.15) is 10.7 Å². The average Bonchev–Trinajstić information content (AvgIpc) is 2.54. The fourth-order valence-electron chi connectivity index (χ4n) is 3.06. The summed E-state index contributed by atoms with van der Waals surface area (Å²) in [6.45, 7) is 0.0964. The molecule has 2 N–H and O–H groups in total. The number of nitrogens with zero attached hydrogens (tertiary/aromatic N) is 1. The van der Waals surface area contributed by atoms with Crippen molar-refractivity contribution in [2.24, 2.45) is 5.92 Å². The number of halogens is 1. The third-order valence-electron chi connectivity index (χ3n) is 4.47. The number of piperidine rings is 1. The molecule has 0 aromatic heterocycles. The number of carbonyl (C=O) groups excluding carboxylic acids is 1. The number of aryl methyl sites for hydroxylation is 1. The number of hydrogen-bond donors (Lipinski definition) is 2. The molecule has 0 atom stereocenters. The predicted molar refractivity (Wildman–Crippen MR) is 82.5 cm³/mol. The molecule has 0 aliphatic carbocycles. The predicted octanol–water partition coefficient (Wildman–Crippen LogP) is 1.20. The molecule has 0 saturated carbocycles. The van der Waals surface area contributed by atoms with Gasteiger partial charge in [-0.15, -0.1) is 0 Å². The summed E-state index contributed by atoms with van der Waals surface area (Å²) in [5.74, 6) is -2.66. The monoisotopic (exact) mass is 356 g/mol. The second-order valence-corrected chi connectivity index (χ2v) is 7.91. The number of rotatable bonds is 3. The van der Waals surface area contributed by atoms with Crippen molar-refractivity contribution in [1.82, 2.24) is 4.31 Å². The van der Waals surface area contributed by atoms with Gasteiger partial charge in [0, 0.05) is 25.2 Å². The minimum atomic E-state index is -4.04. The lowest BCUT2D eigenvalue weighted by Gasteiger charge is -2.29. The van der Waals surface area contributed by atoms with Crippen LogP contribution in [0.15, 0.2) is 17.0 Å². The highest BCUT2D eigenvalue weighted by Crippen LogP contribution is 2.31. The number of anilines is 1. The molecule has 1 saturated heterocycles. The Bertz CT molecular complexity index is 800. The summed E-state index contributed by atoms with van der Waals surface area (Å²) >= 11 is 0. The normalized spacial score (nSPS) is 19.6. The third-order valence-corrected chi connectivity index (χ3v) is 6.39. The second-order valence-electron chi connectivity index (χ2n) is 6.00. The van der Waals surface area contributed by atoms with Gasteiger partial charge < -0.3 is 10.4 Å². The van der Waals surface area contributed by atoms with E-state index in [0.29, 0.717) is 17.7 Å². The van der Waals surface area contributed by atoms with Gasteiger partial charge in [0.15, 0.2) is 0 Å². The molecule has 0 radical (unpaired) electrons. The van der Waals surface area contributed by atoms with Crippen molar-refractivity contribution in [3.63, 3.8) is 0 Å². The molecule has 2 heterocycles. The number of fused-ring (bicyclic) bond motifs is 1. The molecular formula is C15H17FN2O5S. The number of nitrogens with one attached hydrogen (secondary N) is 1. The van der Waals surface area contributed by atoms with Gasteiger partial charge >= 0.3 is 5.97 Å². The first-order valence-corrected chi connectivity index (χ1v) is 9.08. The van der Waals surface area contributed by atoms with Crippen molar-refractivity contribution in [1.29, 1.82) is 0 Å². The van der Waals surface area contributed by atoms with Gasteiger partial charge in [0.2, 0.25) is 15.9 Å². The van der Waals surface area contributed by atoms with Crippen LogP contribution in [0.5, 0.6) is 0 Å². The molecule has 2 aliphatic rings. The molecule has 1 aromatic carbocycles. The topological polar surface area (TPSA) is 104 Å². The molecule has 0 bridgehead atoms. The summed E-state index contributed by atoms with van der Waals surface area (Å²) in [6.07, 6.45) is 0.988. The van der Waals surface area contributed by atoms with E-state index in [2.05, 4.69) is 5.32 Å². The first-order chi connectivity index (χ1) is 11.3. The van der Waals surface area contributed by atoms with Gasteiger partial charge in [0.05, 0.1) is 5.92 Å². The second kappa shape index (κ2) is 6.14. The van der Waals surface area contributed by atoms with Crippen molar-refractivity contribution in [2.75, 3.05) is 18.4 Å². The van der Waals surface area contributed by atoms with Crippen molar-refractivity contribution in [3.05, 3.63) is 23.5 Å². The van der Waals surface area contributed by atoms with Crippen molar-refractivity contribution in [3.8, 4) is 0 Å². The van der Waals surface area contributed by atoms with Gasteiger partial charge in [0.25, 0.3) is 0 Å². The Balaban J connectivity index is 1.88. The van der Waals surface area contributed by atoms with Crippen LogP contribution in [0.3, 0.4) is 0 Å². The lowest BCUT2D eigenvalue weighted by molar-refractivity contribution is -0.142. The highest BCUT2D eigenvalue weighted by molar-refractivity contribution is 7.89. The summed E-state index contributed by atoms with van der Waals surface area (Å²) < 4.78 is 40.8. The molecule has 0 unspecified atom stereocenters. The maximum atomic E-state index is 14.3. The van der Waals surface area contributed by atoms with Gasteiger partial charge in [-0.2, -0.15) is 4.31 Å². The van der Waals surface area contributed by atoms with E-state index in [1.165, 1.54) is 6.07 Å². The Kier molecular flexibility index (Phi) is 4.31. The number of carboxylic acids is 1. The van der Waals surface area contributed by atoms with Crippen molar-refractivity contribution >= 4 is 27.6 Å². The van der Waals surface area contributed by atoms with E-state index in [1.807, 2.05) is 0 Å². The summed E-state index contributed by atoms with van der Waals surface area (Å²) in [7, 11) is -4.04. The van der Waals surface area contributed by atoms with E-state index in [0.717, 1.165) is 10.4 Å². The molecule has 1 amide bonds. The SMILES string of the molecule is O=C1CCc2cc(S(=O)(=O)N3CCC(C(=O)O)CC3)c(F)cc2N1. The van der Waals surface area contributed by atoms with Gasteiger partial charge in [-0.1, -0.05) is 0 Å². The number of amides is 1. The molecule has 24 heavy (non-hydrogen) atoms. The smallest absolute Gasteiger partial charge is 0.306 e. The summed E-state index contributed by atoms with van der Waals surface area (Å²) in [5, 5.41) is 11.5. The highest BCUT2D eigenvalue weighted by atomic mass is 32.2. The summed E-state index contributed by atoms with van der Waals surface area (Å²) in [5.41, 5.74) is 0.877. The van der Waals surface area contributed by atoms with Crippen LogP contribution >= 0.6 is 0 Å². The molecular weight excluding hydrogens is 339 g/mol. The largest absolute Gasteiger partial charge is 0.481 e. The third kappa shape index (κ3) is 3.01. The van der Waals surface area contributed by atoms with E-state index in [4.69, 9.17) is 5.11 Å². The van der Waals surface area contributed by atoms with Gasteiger partial charge in [-0.25, -0.2) is 12.8 Å². The van der Waals surface area contributed by atoms with Crippen molar-refractivity contribution in [2.45, 2.75) is 30.6 Å². The van der Waals surface area contributed by atoms with Crippen LogP contribution in [0.1, 0.15) is 24.8 Å². The van der Waals surface area contributed by atoms with Gasteiger partial charge in [-0.3, -0.25) is 9.59 Å². The Morgan fingerprint density at radius 2 is 1.92 bits per heavy atom. The lowest BCUT2D eigenvalue weighted by Crippen LogP contribution is -2.40. The van der Waals surface area contributed by atoms with Crippen LogP contribution in [0.2, 0.25) is 0 Å². The maximum absolute atomic E-state index is 14.3. The minimum Gasteiger partial charge on any atom is -0.481 e. The van der Waals surface area contributed by atoms with E-state index in [9.17, 15) is 22.4 Å². The molecule has 1 aromatic rings. The maximum Gasteiger partial charge on any atom is 0.306 e. The zero-order chi connectivity index (χ0) is 17.5. The van der Waals surface area contributed by atoms with Crippen molar-refractivity contribution < 1.29 is 27.5 Å². The van der Waals surface area contributed by atoms with E-state index in [-0.39, 0.29) is 38.3 Å². The Labute approximate surface area is 138 Å². The zero-order valence-corrected chi connectivity index (χ0v) is 13.6. The first-order valence-electron chi connectivity index (χ1n) is 7.64. The van der Waals surface area contributed by atoms with Crippen LogP contribution in [-0.4, -0.2) is 42.8 Å². The van der Waals surface area contributed by atoms with E-state index >= 15 is 0 Å². The van der Waals surface area contributed by atoms with E-state index < -0.39 is 32.6 Å². The van der Waals surface area contributed by atoms with Gasteiger partial charge in [-0.05, 0) is 37.0 Å². The molecule has 1 fully saturated rings. The summed E-state index contributed by atoms with van der Waals surface area (Å²) in [6, 6.07) is 2.30. The van der Waals surface area contributed by atoms with Crippen LogP contribution < -0.4 is 5.32 Å². The highest BCUT2D eigenvalue weighted by Gasteiger charge is 2.34. The molecule has 3 rings (SSSR count). The molecule has 0 spiro atoms. The van der Waals surface area contributed by atoms with Crippen LogP contribution in [0.25, 0.3) is 0 Å². The van der Waals surface area contributed by atoms with E-state index in [1.54, 1.807) is 0 Å². The number of carboxylic acid groups (broad SMARTS) is 1. The number of hydrogen-bond acceptors (Lipinski definition) is 4. The fraction of sp³-hybridized carbons (Fsp3) is 0.467. The van der Waals surface area contributed by atoms with Crippen LogP contribution in [0.4, 0.5) is 10.1 Å². The Morgan fingerprint density at radius 1 is 1.25 bits per heavy atom. The van der Waals surface area contributed by atoms with Crippen LogP contribution in [-0.2, 0) is 26.0 Å². The van der Waals surface area contributed by atoms with Crippen LogP contribution in [0, 0.1) is 11.7 Å². The lowest BCUT2D eigenvalue weighted by atomic mass is 9.99. The standard InChI is InChI=1S/C15H17FN2O5S/c16-11-8-12-10(1-2-14(19)17-12)7-13(11)24(22,23)18-5-3-9(4-6-18)15(20)21/h7-9H,1-6H2,(H,17,19)(H,20,21). The Morgan fingerprint density at radius 3 is 2.54 bits per heavy atom. The first kappa shape index (κ1) is 16.8. The fourth-order valence-corrected chi connectivity index (χ4v) is 4.63. The molecule has 130 valence electrons. The average molecular weight is 356 g/mol. The zero-order valence-electron chi connectivity index (χ0n) is 12.8.